The van der Waals surface area contributed by atoms with Gasteiger partial charge >= 0.3 is 0 Å². The summed E-state index contributed by atoms with van der Waals surface area (Å²) < 4.78 is 1.95. The van der Waals surface area contributed by atoms with Gasteiger partial charge in [0.05, 0.1) is 11.7 Å². The second-order valence-corrected chi connectivity index (χ2v) is 6.29. The molecule has 4 rings (SSSR count). The van der Waals surface area contributed by atoms with Crippen molar-refractivity contribution in [2.45, 2.75) is 25.8 Å². The molecule has 0 N–H and O–H groups in total. The number of nitrogens with zero attached hydrogens (tertiary/aromatic N) is 5. The van der Waals surface area contributed by atoms with Gasteiger partial charge in [-0.05, 0) is 31.0 Å². The highest BCUT2D eigenvalue weighted by molar-refractivity contribution is 6.09. The summed E-state index contributed by atoms with van der Waals surface area (Å²) in [6, 6.07) is 6.29. The molecule has 2 aromatic heterocycles. The summed E-state index contributed by atoms with van der Waals surface area (Å²) in [4.78, 5) is 18.9. The van der Waals surface area contributed by atoms with E-state index in [4.69, 9.17) is 0 Å². The fraction of sp³-hybridized carbons (Fsp3) is 0.333. The van der Waals surface area contributed by atoms with E-state index < -0.39 is 0 Å². The summed E-state index contributed by atoms with van der Waals surface area (Å²) in [5.41, 5.74) is 3.81. The number of carbonyl (C=O) groups is 1. The number of rotatable bonds is 2. The molecular weight excluding hydrogens is 302 g/mol. The van der Waals surface area contributed by atoms with Gasteiger partial charge in [0.15, 0.2) is 5.78 Å². The zero-order chi connectivity index (χ0) is 16.7. The van der Waals surface area contributed by atoms with Gasteiger partial charge in [0.25, 0.3) is 0 Å². The van der Waals surface area contributed by atoms with Gasteiger partial charge in [0.1, 0.15) is 11.6 Å². The highest BCUT2D eigenvalue weighted by Crippen LogP contribution is 2.36. The number of likely N-dealkylation sites (tertiary alicyclic amines) is 1. The molecular formula is C18H17N5O. The van der Waals surface area contributed by atoms with Crippen LogP contribution in [0.2, 0.25) is 0 Å². The van der Waals surface area contributed by atoms with E-state index in [0.29, 0.717) is 0 Å². The second kappa shape index (κ2) is 5.60. The molecule has 0 spiro atoms. The smallest absolute Gasteiger partial charge is 0.179 e. The predicted molar refractivity (Wildman–Crippen MR) is 87.7 cm³/mol. The van der Waals surface area contributed by atoms with Crippen molar-refractivity contribution in [1.29, 1.82) is 5.26 Å². The number of carbonyl (C=O) groups excluding carboxylic acids is 1. The molecule has 0 radical (unpaired) electrons. The molecule has 6 heteroatoms. The first kappa shape index (κ1) is 14.6. The molecule has 3 heterocycles. The number of pyridine rings is 1. The zero-order valence-corrected chi connectivity index (χ0v) is 13.4. The lowest BCUT2D eigenvalue weighted by Crippen LogP contribution is -2.27. The number of hydrogen-bond donors (Lipinski definition) is 0. The number of ketones is 1. The SMILES string of the molecule is Cc1cc2c(cn1)CC(=O)C(C#N)=C2N1CCC(n2cccn2)C1. The lowest BCUT2D eigenvalue weighted by atomic mass is 9.89. The molecule has 1 atom stereocenters. The minimum absolute atomic E-state index is 0.117. The molecule has 0 aromatic carbocycles. The highest BCUT2D eigenvalue weighted by Gasteiger charge is 2.33. The van der Waals surface area contributed by atoms with Crippen LogP contribution in [0.3, 0.4) is 0 Å². The second-order valence-electron chi connectivity index (χ2n) is 6.29. The van der Waals surface area contributed by atoms with Crippen LogP contribution in [0, 0.1) is 18.3 Å². The lowest BCUT2D eigenvalue weighted by molar-refractivity contribution is -0.114. The Morgan fingerprint density at radius 1 is 1.42 bits per heavy atom. The third-order valence-corrected chi connectivity index (χ3v) is 4.74. The molecule has 24 heavy (non-hydrogen) atoms. The van der Waals surface area contributed by atoms with Gasteiger partial charge in [-0.25, -0.2) is 0 Å². The monoisotopic (exact) mass is 319 g/mol. The fourth-order valence-corrected chi connectivity index (χ4v) is 3.58. The van der Waals surface area contributed by atoms with E-state index in [2.05, 4.69) is 21.1 Å². The summed E-state index contributed by atoms with van der Waals surface area (Å²) in [6.07, 6.45) is 6.69. The first-order valence-electron chi connectivity index (χ1n) is 8.05. The van der Waals surface area contributed by atoms with Crippen molar-refractivity contribution in [3.63, 3.8) is 0 Å². The van der Waals surface area contributed by atoms with Crippen molar-refractivity contribution in [3.8, 4) is 6.07 Å². The van der Waals surface area contributed by atoms with E-state index in [-0.39, 0.29) is 23.8 Å². The summed E-state index contributed by atoms with van der Waals surface area (Å²) in [5, 5.41) is 13.9. The van der Waals surface area contributed by atoms with Crippen LogP contribution in [0.25, 0.3) is 5.70 Å². The third kappa shape index (κ3) is 2.29. The largest absolute Gasteiger partial charge is 0.368 e. The van der Waals surface area contributed by atoms with Crippen LogP contribution >= 0.6 is 0 Å². The molecule has 0 bridgehead atoms. The van der Waals surface area contributed by atoms with Crippen molar-refractivity contribution in [1.82, 2.24) is 19.7 Å². The van der Waals surface area contributed by atoms with Crippen molar-refractivity contribution in [2.75, 3.05) is 13.1 Å². The molecule has 1 aliphatic carbocycles. The van der Waals surface area contributed by atoms with Gasteiger partial charge < -0.3 is 4.90 Å². The first-order valence-corrected chi connectivity index (χ1v) is 8.05. The van der Waals surface area contributed by atoms with Gasteiger partial charge in [0.2, 0.25) is 0 Å². The molecule has 0 amide bonds. The Morgan fingerprint density at radius 2 is 2.29 bits per heavy atom. The third-order valence-electron chi connectivity index (χ3n) is 4.74. The molecule has 1 saturated heterocycles. The first-order chi connectivity index (χ1) is 11.7. The fourth-order valence-electron chi connectivity index (χ4n) is 3.58. The topological polar surface area (TPSA) is 74.8 Å². The van der Waals surface area contributed by atoms with Gasteiger partial charge in [-0.15, -0.1) is 0 Å². The van der Waals surface area contributed by atoms with Crippen molar-refractivity contribution >= 4 is 11.5 Å². The van der Waals surface area contributed by atoms with E-state index >= 15 is 0 Å². The normalized spacial score (nSPS) is 20.2. The van der Waals surface area contributed by atoms with Crippen LogP contribution in [-0.4, -0.2) is 38.5 Å². The Labute approximate surface area is 140 Å². The maximum absolute atomic E-state index is 12.4. The Morgan fingerprint density at radius 3 is 3.04 bits per heavy atom. The molecule has 6 nitrogen and oxygen atoms in total. The number of aromatic nitrogens is 3. The van der Waals surface area contributed by atoms with Gasteiger partial charge in [-0.1, -0.05) is 0 Å². The quantitative estimate of drug-likeness (QED) is 0.845. The standard InChI is InChI=1S/C18H17N5O/c1-12-7-15-13(10-20-12)8-17(24)16(9-19)18(15)22-6-3-14(11-22)23-5-2-4-21-23/h2,4-5,7,10,14H,3,6,8,11H2,1H3. The number of allylic oxidation sites excluding steroid dienone is 1. The number of Topliss-reactive ketones (excluding diaryl/α,β-unsaturated/α-hetero) is 1. The predicted octanol–water partition coefficient (Wildman–Crippen LogP) is 1.89. The van der Waals surface area contributed by atoms with E-state index in [1.807, 2.05) is 29.9 Å². The van der Waals surface area contributed by atoms with Gasteiger partial charge in [-0.3, -0.25) is 14.5 Å². The number of fused-ring (bicyclic) bond motifs is 1. The lowest BCUT2D eigenvalue weighted by Gasteiger charge is -2.28. The van der Waals surface area contributed by atoms with Crippen LogP contribution in [-0.2, 0) is 11.2 Å². The van der Waals surface area contributed by atoms with Crippen LogP contribution in [0.5, 0.6) is 0 Å². The average Bonchev–Trinajstić information content (AvgIpc) is 3.25. The minimum atomic E-state index is -0.117. The summed E-state index contributed by atoms with van der Waals surface area (Å²) >= 11 is 0. The maximum Gasteiger partial charge on any atom is 0.179 e. The molecule has 1 unspecified atom stereocenters. The molecule has 2 aromatic rings. The van der Waals surface area contributed by atoms with Crippen molar-refractivity contribution in [2.24, 2.45) is 0 Å². The molecule has 0 saturated carbocycles. The zero-order valence-electron chi connectivity index (χ0n) is 13.4. The Kier molecular flexibility index (Phi) is 3.42. The van der Waals surface area contributed by atoms with Crippen molar-refractivity contribution in [3.05, 3.63) is 53.1 Å². The maximum atomic E-state index is 12.4. The summed E-state index contributed by atoms with van der Waals surface area (Å²) in [6.45, 7) is 3.48. The van der Waals surface area contributed by atoms with Crippen LogP contribution < -0.4 is 0 Å². The highest BCUT2D eigenvalue weighted by atomic mass is 16.1. The van der Waals surface area contributed by atoms with Crippen LogP contribution in [0.1, 0.15) is 29.3 Å². The molecule has 1 fully saturated rings. The Balaban J connectivity index is 1.76. The Hall–Kier alpha value is -2.94. The average molecular weight is 319 g/mol. The van der Waals surface area contributed by atoms with Crippen LogP contribution in [0.15, 0.2) is 36.3 Å². The van der Waals surface area contributed by atoms with E-state index in [9.17, 15) is 10.1 Å². The molecule has 120 valence electrons. The number of nitriles is 1. The molecule has 2 aliphatic rings. The van der Waals surface area contributed by atoms with Gasteiger partial charge in [0, 0.05) is 49.4 Å². The number of aryl methyl sites for hydroxylation is 1. The van der Waals surface area contributed by atoms with E-state index in [1.54, 1.807) is 12.4 Å². The molecule has 1 aliphatic heterocycles. The van der Waals surface area contributed by atoms with E-state index in [0.717, 1.165) is 42.0 Å². The number of hydrogen-bond acceptors (Lipinski definition) is 5. The Bertz CT molecular complexity index is 875. The van der Waals surface area contributed by atoms with E-state index in [1.165, 1.54) is 0 Å². The summed E-state index contributed by atoms with van der Waals surface area (Å²) in [5.74, 6) is -0.117. The van der Waals surface area contributed by atoms with Gasteiger partial charge in [-0.2, -0.15) is 10.4 Å². The van der Waals surface area contributed by atoms with Crippen molar-refractivity contribution < 1.29 is 4.79 Å². The minimum Gasteiger partial charge on any atom is -0.368 e. The summed E-state index contributed by atoms with van der Waals surface area (Å²) in [7, 11) is 0. The van der Waals surface area contributed by atoms with Crippen LogP contribution in [0.4, 0.5) is 0 Å².